The van der Waals surface area contributed by atoms with E-state index in [9.17, 15) is 0 Å². The van der Waals surface area contributed by atoms with E-state index in [0.29, 0.717) is 11.9 Å². The van der Waals surface area contributed by atoms with Crippen molar-refractivity contribution in [3.8, 4) is 0 Å². The highest BCUT2D eigenvalue weighted by Crippen LogP contribution is 2.24. The van der Waals surface area contributed by atoms with Gasteiger partial charge in [-0.1, -0.05) is 0 Å². The molecule has 1 aliphatic heterocycles. The molecule has 76 valence electrons. The molecule has 1 unspecified atom stereocenters. The van der Waals surface area contributed by atoms with Gasteiger partial charge in [0.25, 0.3) is 0 Å². The van der Waals surface area contributed by atoms with E-state index in [0.717, 1.165) is 18.2 Å². The van der Waals surface area contributed by atoms with Crippen molar-refractivity contribution in [2.24, 2.45) is 0 Å². The minimum atomic E-state index is 0.562. The Morgan fingerprint density at radius 1 is 1.50 bits per heavy atom. The first-order valence-electron chi connectivity index (χ1n) is 5.04. The number of anilines is 2. The first-order valence-corrected chi connectivity index (χ1v) is 5.04. The van der Waals surface area contributed by atoms with Crippen LogP contribution in [0, 0.1) is 6.92 Å². The van der Waals surface area contributed by atoms with Crippen molar-refractivity contribution < 1.29 is 0 Å². The van der Waals surface area contributed by atoms with Gasteiger partial charge in [0.2, 0.25) is 0 Å². The van der Waals surface area contributed by atoms with Crippen molar-refractivity contribution in [1.29, 1.82) is 0 Å². The van der Waals surface area contributed by atoms with Crippen LogP contribution in [0.3, 0.4) is 0 Å². The Morgan fingerprint density at radius 3 is 2.86 bits per heavy atom. The van der Waals surface area contributed by atoms with Gasteiger partial charge in [-0.25, -0.2) is 9.97 Å². The van der Waals surface area contributed by atoms with E-state index < -0.39 is 0 Å². The van der Waals surface area contributed by atoms with Gasteiger partial charge in [-0.15, -0.1) is 0 Å². The molecule has 4 nitrogen and oxygen atoms in total. The van der Waals surface area contributed by atoms with Gasteiger partial charge in [-0.05, 0) is 26.7 Å². The van der Waals surface area contributed by atoms with E-state index in [-0.39, 0.29) is 0 Å². The maximum Gasteiger partial charge on any atom is 0.134 e. The first-order chi connectivity index (χ1) is 6.66. The average molecular weight is 192 g/mol. The Bertz CT molecular complexity index is 317. The number of rotatable bonds is 1. The van der Waals surface area contributed by atoms with E-state index in [1.54, 1.807) is 0 Å². The standard InChI is InChI=1S/C10H16N4/c1-7-4-3-5-14(7)10-6-9(11)12-8(2)13-10/h6-7H,3-5H2,1-2H3,(H2,11,12,13). The molecular weight excluding hydrogens is 176 g/mol. The fraction of sp³-hybridized carbons (Fsp3) is 0.600. The van der Waals surface area contributed by atoms with Gasteiger partial charge in [0.1, 0.15) is 17.5 Å². The third-order valence-electron chi connectivity index (χ3n) is 2.69. The number of nitrogens with zero attached hydrogens (tertiary/aromatic N) is 3. The number of hydrogen-bond donors (Lipinski definition) is 1. The molecule has 0 bridgehead atoms. The molecule has 1 saturated heterocycles. The van der Waals surface area contributed by atoms with Crippen molar-refractivity contribution in [2.45, 2.75) is 32.7 Å². The molecule has 0 amide bonds. The van der Waals surface area contributed by atoms with Gasteiger partial charge >= 0.3 is 0 Å². The summed E-state index contributed by atoms with van der Waals surface area (Å²) in [6, 6.07) is 2.43. The molecule has 0 radical (unpaired) electrons. The zero-order valence-electron chi connectivity index (χ0n) is 8.70. The molecule has 0 aromatic carbocycles. The van der Waals surface area contributed by atoms with Crippen LogP contribution in [-0.4, -0.2) is 22.6 Å². The van der Waals surface area contributed by atoms with Crippen LogP contribution in [0.4, 0.5) is 11.6 Å². The van der Waals surface area contributed by atoms with Crippen LogP contribution >= 0.6 is 0 Å². The van der Waals surface area contributed by atoms with Crippen LogP contribution in [0.2, 0.25) is 0 Å². The van der Waals surface area contributed by atoms with E-state index in [2.05, 4.69) is 21.8 Å². The SMILES string of the molecule is Cc1nc(N)cc(N2CCCC2C)n1. The van der Waals surface area contributed by atoms with Crippen molar-refractivity contribution >= 4 is 11.6 Å². The maximum absolute atomic E-state index is 5.69. The second kappa shape index (κ2) is 3.44. The van der Waals surface area contributed by atoms with Crippen LogP contribution in [0.25, 0.3) is 0 Å². The molecule has 1 aromatic heterocycles. The van der Waals surface area contributed by atoms with E-state index in [1.807, 2.05) is 13.0 Å². The van der Waals surface area contributed by atoms with Crippen LogP contribution < -0.4 is 10.6 Å². The lowest BCUT2D eigenvalue weighted by atomic mass is 10.2. The van der Waals surface area contributed by atoms with Crippen molar-refractivity contribution in [3.63, 3.8) is 0 Å². The monoisotopic (exact) mass is 192 g/mol. The summed E-state index contributed by atoms with van der Waals surface area (Å²) in [5.41, 5.74) is 5.69. The van der Waals surface area contributed by atoms with Gasteiger partial charge in [0, 0.05) is 18.7 Å². The predicted molar refractivity (Wildman–Crippen MR) is 57.2 cm³/mol. The van der Waals surface area contributed by atoms with Crippen LogP contribution in [0.15, 0.2) is 6.07 Å². The third kappa shape index (κ3) is 1.64. The molecule has 2 N–H and O–H groups in total. The average Bonchev–Trinajstić information content (AvgIpc) is 2.49. The minimum absolute atomic E-state index is 0.562. The Balaban J connectivity index is 2.31. The molecule has 0 spiro atoms. The fourth-order valence-corrected chi connectivity index (χ4v) is 2.00. The number of hydrogen-bond acceptors (Lipinski definition) is 4. The minimum Gasteiger partial charge on any atom is -0.384 e. The number of aryl methyl sites for hydroxylation is 1. The smallest absolute Gasteiger partial charge is 0.134 e. The van der Waals surface area contributed by atoms with Gasteiger partial charge in [-0.3, -0.25) is 0 Å². The van der Waals surface area contributed by atoms with E-state index in [1.165, 1.54) is 12.8 Å². The lowest BCUT2D eigenvalue weighted by molar-refractivity contribution is 0.724. The Hall–Kier alpha value is -1.32. The molecule has 1 aromatic rings. The van der Waals surface area contributed by atoms with Gasteiger partial charge in [0.05, 0.1) is 0 Å². The molecule has 4 heteroatoms. The lowest BCUT2D eigenvalue weighted by Crippen LogP contribution is -2.27. The highest BCUT2D eigenvalue weighted by molar-refractivity contribution is 5.48. The Morgan fingerprint density at radius 2 is 2.29 bits per heavy atom. The largest absolute Gasteiger partial charge is 0.384 e. The zero-order chi connectivity index (χ0) is 10.1. The van der Waals surface area contributed by atoms with Gasteiger partial charge in [0.15, 0.2) is 0 Å². The van der Waals surface area contributed by atoms with Crippen LogP contribution in [-0.2, 0) is 0 Å². The molecular formula is C10H16N4. The third-order valence-corrected chi connectivity index (χ3v) is 2.69. The van der Waals surface area contributed by atoms with E-state index >= 15 is 0 Å². The molecule has 0 aliphatic carbocycles. The summed E-state index contributed by atoms with van der Waals surface area (Å²) < 4.78 is 0. The van der Waals surface area contributed by atoms with Crippen molar-refractivity contribution in [2.75, 3.05) is 17.2 Å². The number of aromatic nitrogens is 2. The second-order valence-corrected chi connectivity index (χ2v) is 3.88. The normalized spacial score (nSPS) is 21.6. The van der Waals surface area contributed by atoms with Crippen LogP contribution in [0.5, 0.6) is 0 Å². The molecule has 14 heavy (non-hydrogen) atoms. The summed E-state index contributed by atoms with van der Waals surface area (Å²) in [6.45, 7) is 5.18. The lowest BCUT2D eigenvalue weighted by Gasteiger charge is -2.22. The first kappa shape index (κ1) is 9.24. The number of nitrogen functional groups attached to an aromatic ring is 1. The second-order valence-electron chi connectivity index (χ2n) is 3.88. The van der Waals surface area contributed by atoms with Crippen LogP contribution in [0.1, 0.15) is 25.6 Å². The topological polar surface area (TPSA) is 55.0 Å². The van der Waals surface area contributed by atoms with Gasteiger partial charge in [-0.2, -0.15) is 0 Å². The molecule has 1 atom stereocenters. The van der Waals surface area contributed by atoms with E-state index in [4.69, 9.17) is 5.73 Å². The van der Waals surface area contributed by atoms with Crippen molar-refractivity contribution in [1.82, 2.24) is 9.97 Å². The fourth-order valence-electron chi connectivity index (χ4n) is 2.00. The molecule has 2 rings (SSSR count). The molecule has 0 saturated carbocycles. The Labute approximate surface area is 84.2 Å². The Kier molecular flexibility index (Phi) is 2.27. The molecule has 1 fully saturated rings. The maximum atomic E-state index is 5.69. The summed E-state index contributed by atoms with van der Waals surface area (Å²) in [7, 11) is 0. The summed E-state index contributed by atoms with van der Waals surface area (Å²) in [5, 5.41) is 0. The zero-order valence-corrected chi connectivity index (χ0v) is 8.70. The molecule has 2 heterocycles. The van der Waals surface area contributed by atoms with Crippen molar-refractivity contribution in [3.05, 3.63) is 11.9 Å². The number of nitrogens with two attached hydrogens (primary N) is 1. The summed E-state index contributed by atoms with van der Waals surface area (Å²) in [6.07, 6.45) is 2.48. The molecule has 1 aliphatic rings. The quantitative estimate of drug-likeness (QED) is 0.730. The summed E-state index contributed by atoms with van der Waals surface area (Å²) in [4.78, 5) is 10.8. The highest BCUT2D eigenvalue weighted by atomic mass is 15.2. The predicted octanol–water partition coefficient (Wildman–Crippen LogP) is 1.36. The summed E-state index contributed by atoms with van der Waals surface area (Å²) >= 11 is 0. The summed E-state index contributed by atoms with van der Waals surface area (Å²) in [5.74, 6) is 2.28. The van der Waals surface area contributed by atoms with Gasteiger partial charge < -0.3 is 10.6 Å². The highest BCUT2D eigenvalue weighted by Gasteiger charge is 2.21.